The Bertz CT molecular complexity index is 1190. The van der Waals surface area contributed by atoms with E-state index in [9.17, 15) is 19.2 Å². The number of carbonyl (C=O) groups is 4. The molecular formula is C31H39N3O6. The molecule has 4 atom stereocenters. The molecule has 9 nitrogen and oxygen atoms in total. The topological polar surface area (TPSA) is 127 Å². The van der Waals surface area contributed by atoms with E-state index in [0.29, 0.717) is 36.7 Å². The van der Waals surface area contributed by atoms with Gasteiger partial charge in [-0.2, -0.15) is 0 Å². The summed E-state index contributed by atoms with van der Waals surface area (Å²) < 4.78 is 10.7. The number of hydrogen-bond donors (Lipinski definition) is 2. The van der Waals surface area contributed by atoms with Gasteiger partial charge in [-0.05, 0) is 62.4 Å². The highest BCUT2D eigenvalue weighted by molar-refractivity contribution is 5.99. The molecule has 40 heavy (non-hydrogen) atoms. The minimum Gasteiger partial charge on any atom is -0.497 e. The Balaban J connectivity index is 1.48. The highest BCUT2D eigenvalue weighted by Gasteiger charge is 2.50. The zero-order chi connectivity index (χ0) is 28.7. The first-order valence-corrected chi connectivity index (χ1v) is 14.0. The third kappa shape index (κ3) is 7.75. The summed E-state index contributed by atoms with van der Waals surface area (Å²) >= 11 is 0. The Morgan fingerprint density at radius 2 is 1.80 bits per heavy atom. The molecule has 2 N–H and O–H groups in total. The second-order valence-corrected chi connectivity index (χ2v) is 11.2. The number of methoxy groups -OCH3 is 1. The zero-order valence-corrected chi connectivity index (χ0v) is 23.5. The maximum Gasteiger partial charge on any atom is 0.253 e. The van der Waals surface area contributed by atoms with Gasteiger partial charge in [0.25, 0.3) is 5.91 Å². The molecule has 1 saturated carbocycles. The van der Waals surface area contributed by atoms with E-state index in [-0.39, 0.29) is 23.9 Å². The summed E-state index contributed by atoms with van der Waals surface area (Å²) in [7, 11) is 1.58. The lowest BCUT2D eigenvalue weighted by atomic mass is 9.88. The highest BCUT2D eigenvalue weighted by atomic mass is 16.6. The monoisotopic (exact) mass is 549 g/mol. The van der Waals surface area contributed by atoms with Crippen molar-refractivity contribution in [2.24, 2.45) is 11.8 Å². The van der Waals surface area contributed by atoms with Crippen LogP contribution >= 0.6 is 0 Å². The number of nitrogens with zero attached hydrogens (tertiary/aromatic N) is 1. The molecule has 2 aliphatic rings. The molecule has 9 heteroatoms. The van der Waals surface area contributed by atoms with Crippen LogP contribution in [-0.4, -0.2) is 59.8 Å². The van der Waals surface area contributed by atoms with Crippen molar-refractivity contribution in [1.82, 2.24) is 15.6 Å². The van der Waals surface area contributed by atoms with Crippen LogP contribution in [0.15, 0.2) is 48.8 Å². The third-order valence-electron chi connectivity index (χ3n) is 7.99. The summed E-state index contributed by atoms with van der Waals surface area (Å²) in [6.45, 7) is 3.72. The molecule has 214 valence electrons. The van der Waals surface area contributed by atoms with Crippen LogP contribution < -0.4 is 15.4 Å². The fourth-order valence-electron chi connectivity index (χ4n) is 5.30. The predicted molar refractivity (Wildman–Crippen MR) is 149 cm³/mol. The summed E-state index contributed by atoms with van der Waals surface area (Å²) in [5, 5.41) is 5.71. The van der Waals surface area contributed by atoms with Crippen molar-refractivity contribution in [3.8, 4) is 5.75 Å². The van der Waals surface area contributed by atoms with Crippen LogP contribution in [0.3, 0.4) is 0 Å². The lowest BCUT2D eigenvalue weighted by molar-refractivity contribution is -0.134. The van der Waals surface area contributed by atoms with Crippen LogP contribution in [-0.2, 0) is 25.5 Å². The fourth-order valence-corrected chi connectivity index (χ4v) is 5.30. The standard InChI is InChI=1S/C31H39N3O6/c1-20(33-29(37)23-9-6-14-32-18-23)27(35)17-24(15-22-10-12-25(39-3)13-11-22)30(38)34-26(16-21-7-4-5-8-21)28(36)31(2)19-40-31/h6,9-14,18,20-21,24,26H,4-5,7-8,15-17,19H2,1-3H3,(H,33,37)(H,34,38)/t20-,24-,26+,31-/m1/s1. The summed E-state index contributed by atoms with van der Waals surface area (Å²) in [5.74, 6) is -0.819. The molecule has 2 amide bonds. The van der Waals surface area contributed by atoms with Gasteiger partial charge in [-0.3, -0.25) is 24.2 Å². The number of pyridine rings is 1. The summed E-state index contributed by atoms with van der Waals surface area (Å²) in [6, 6.07) is 9.11. The lowest BCUT2D eigenvalue weighted by Gasteiger charge is -2.26. The number of Topliss-reactive ketones (excluding diaryl/α,β-unsaturated/α-hetero) is 2. The molecule has 2 aromatic rings. The van der Waals surface area contributed by atoms with Gasteiger partial charge in [-0.1, -0.05) is 37.8 Å². The molecule has 2 heterocycles. The molecule has 1 aliphatic heterocycles. The van der Waals surface area contributed by atoms with Crippen molar-refractivity contribution < 1.29 is 28.7 Å². The number of rotatable bonds is 14. The minimum atomic E-state index is -0.858. The lowest BCUT2D eigenvalue weighted by Crippen LogP contribution is -2.49. The average Bonchev–Trinajstić information content (AvgIpc) is 3.50. The molecule has 1 aromatic carbocycles. The van der Waals surface area contributed by atoms with Crippen LogP contribution in [0.4, 0.5) is 0 Å². The fraction of sp³-hybridized carbons (Fsp3) is 0.516. The molecule has 0 radical (unpaired) electrons. The van der Waals surface area contributed by atoms with Gasteiger partial charge in [0.05, 0.1) is 31.4 Å². The molecule has 4 rings (SSSR count). The van der Waals surface area contributed by atoms with Crippen LogP contribution in [0.5, 0.6) is 5.75 Å². The average molecular weight is 550 g/mol. The van der Waals surface area contributed by atoms with Crippen molar-refractivity contribution in [2.75, 3.05) is 13.7 Å². The van der Waals surface area contributed by atoms with E-state index in [1.165, 1.54) is 6.20 Å². The highest BCUT2D eigenvalue weighted by Crippen LogP contribution is 2.34. The molecule has 0 unspecified atom stereocenters. The van der Waals surface area contributed by atoms with Crippen molar-refractivity contribution in [2.45, 2.75) is 76.5 Å². The molecule has 1 saturated heterocycles. The number of nitrogens with one attached hydrogen (secondary N) is 2. The van der Waals surface area contributed by atoms with Gasteiger partial charge < -0.3 is 20.1 Å². The van der Waals surface area contributed by atoms with Crippen LogP contribution in [0, 0.1) is 11.8 Å². The van der Waals surface area contributed by atoms with E-state index >= 15 is 0 Å². The molecule has 1 aliphatic carbocycles. The number of benzene rings is 1. The first-order valence-electron chi connectivity index (χ1n) is 14.0. The molecule has 0 spiro atoms. The van der Waals surface area contributed by atoms with Gasteiger partial charge in [-0.15, -0.1) is 0 Å². The first kappa shape index (κ1) is 29.4. The number of aromatic nitrogens is 1. The summed E-state index contributed by atoms with van der Waals surface area (Å²) in [4.78, 5) is 56.8. The number of ketones is 2. The first-order chi connectivity index (χ1) is 19.2. The Labute approximate surface area is 235 Å². The molecule has 1 aromatic heterocycles. The number of epoxide rings is 1. The van der Waals surface area contributed by atoms with Crippen LogP contribution in [0.2, 0.25) is 0 Å². The normalized spacial score (nSPS) is 20.7. The smallest absolute Gasteiger partial charge is 0.253 e. The van der Waals surface area contributed by atoms with E-state index in [2.05, 4.69) is 15.6 Å². The quantitative estimate of drug-likeness (QED) is 0.346. The number of amides is 2. The number of hydrogen-bond acceptors (Lipinski definition) is 7. The Morgan fingerprint density at radius 3 is 2.40 bits per heavy atom. The van der Waals surface area contributed by atoms with Gasteiger partial charge in [0.1, 0.15) is 11.4 Å². The second kappa shape index (κ2) is 13.2. The van der Waals surface area contributed by atoms with E-state index in [0.717, 1.165) is 31.2 Å². The van der Waals surface area contributed by atoms with Gasteiger partial charge in [-0.25, -0.2) is 0 Å². The van der Waals surface area contributed by atoms with E-state index in [4.69, 9.17) is 9.47 Å². The number of carbonyl (C=O) groups excluding carboxylic acids is 4. The third-order valence-corrected chi connectivity index (χ3v) is 7.99. The van der Waals surface area contributed by atoms with Gasteiger partial charge >= 0.3 is 0 Å². The minimum absolute atomic E-state index is 0.0928. The van der Waals surface area contributed by atoms with Crippen molar-refractivity contribution >= 4 is 23.4 Å². The van der Waals surface area contributed by atoms with E-state index < -0.39 is 29.5 Å². The maximum atomic E-state index is 13.7. The zero-order valence-electron chi connectivity index (χ0n) is 23.5. The maximum absolute atomic E-state index is 13.7. The summed E-state index contributed by atoms with van der Waals surface area (Å²) in [6.07, 6.45) is 8.11. The Hall–Kier alpha value is -3.59. The molecular weight excluding hydrogens is 510 g/mol. The van der Waals surface area contributed by atoms with Gasteiger partial charge in [0.15, 0.2) is 11.6 Å². The van der Waals surface area contributed by atoms with Crippen molar-refractivity contribution in [1.29, 1.82) is 0 Å². The molecule has 2 fully saturated rings. The Morgan fingerprint density at radius 1 is 1.10 bits per heavy atom. The van der Waals surface area contributed by atoms with Crippen molar-refractivity contribution in [3.05, 3.63) is 59.9 Å². The van der Waals surface area contributed by atoms with Crippen LogP contribution in [0.1, 0.15) is 68.3 Å². The van der Waals surface area contributed by atoms with Crippen molar-refractivity contribution in [3.63, 3.8) is 0 Å². The number of ether oxygens (including phenoxy) is 2. The van der Waals surface area contributed by atoms with Crippen LogP contribution in [0.25, 0.3) is 0 Å². The van der Waals surface area contributed by atoms with Gasteiger partial charge in [0.2, 0.25) is 5.91 Å². The van der Waals surface area contributed by atoms with Gasteiger partial charge in [0, 0.05) is 24.7 Å². The van der Waals surface area contributed by atoms with E-state index in [1.54, 1.807) is 51.4 Å². The molecule has 0 bridgehead atoms. The second-order valence-electron chi connectivity index (χ2n) is 11.2. The predicted octanol–water partition coefficient (Wildman–Crippen LogP) is 3.45. The largest absolute Gasteiger partial charge is 0.497 e. The van der Waals surface area contributed by atoms with E-state index in [1.807, 2.05) is 12.1 Å². The Kier molecular flexibility index (Phi) is 9.68. The summed E-state index contributed by atoms with van der Waals surface area (Å²) in [5.41, 5.74) is 0.346. The SMILES string of the molecule is COc1ccc(C[C@H](CC(=O)[C@@H](C)NC(=O)c2cccnc2)C(=O)N[C@@H](CC2CCCC2)C(=O)[C@@]2(C)CO2)cc1.